The Balaban J connectivity index is 1.96. The Bertz CT molecular complexity index is 676. The van der Waals surface area contributed by atoms with Crippen LogP contribution < -0.4 is 10.6 Å². The number of amides is 1. The van der Waals surface area contributed by atoms with E-state index in [1.54, 1.807) is 24.3 Å². The van der Waals surface area contributed by atoms with Crippen LogP contribution in [0.4, 0.5) is 5.69 Å². The van der Waals surface area contributed by atoms with Gasteiger partial charge in [-0.05, 0) is 32.0 Å². The zero-order valence-corrected chi connectivity index (χ0v) is 12.8. The van der Waals surface area contributed by atoms with E-state index >= 15 is 0 Å². The predicted molar refractivity (Wildman–Crippen MR) is 86.0 cm³/mol. The number of nitrogens with two attached hydrogens (primary N) is 1. The number of anilines is 1. The lowest BCUT2D eigenvalue weighted by atomic mass is 10.1. The van der Waals surface area contributed by atoms with E-state index in [9.17, 15) is 4.79 Å². The first-order valence-electron chi connectivity index (χ1n) is 7.31. The van der Waals surface area contributed by atoms with Crippen molar-refractivity contribution < 1.29 is 10.1 Å². The van der Waals surface area contributed by atoms with Crippen molar-refractivity contribution in [2.75, 3.05) is 5.32 Å². The van der Waals surface area contributed by atoms with Crippen molar-refractivity contribution >= 4 is 11.6 Å². The summed E-state index contributed by atoms with van der Waals surface area (Å²) in [5.41, 5.74) is 2.37. The molecule has 0 radical (unpaired) electrons. The minimum absolute atomic E-state index is 0.0714. The maximum Gasteiger partial charge on any atom is 0.282 e. The molecule has 0 aliphatic carbocycles. The molecule has 1 amide bonds. The number of carbonyl (C=O) groups is 1. The maximum atomic E-state index is 12.3. The highest BCUT2D eigenvalue weighted by Gasteiger charge is 2.20. The Kier molecular flexibility index (Phi) is 5.29. The molecule has 0 heterocycles. The third-order valence-corrected chi connectivity index (χ3v) is 3.58. The van der Waals surface area contributed by atoms with Crippen molar-refractivity contribution in [3.05, 3.63) is 65.7 Å². The van der Waals surface area contributed by atoms with Crippen molar-refractivity contribution in [1.29, 1.82) is 5.26 Å². The van der Waals surface area contributed by atoms with E-state index in [4.69, 9.17) is 5.26 Å². The van der Waals surface area contributed by atoms with Gasteiger partial charge in [-0.2, -0.15) is 5.26 Å². The van der Waals surface area contributed by atoms with Gasteiger partial charge >= 0.3 is 0 Å². The molecule has 0 aliphatic rings. The molecule has 0 aromatic heterocycles. The Morgan fingerprint density at radius 2 is 1.86 bits per heavy atom. The second kappa shape index (κ2) is 7.39. The molecule has 2 aromatic carbocycles. The van der Waals surface area contributed by atoms with Gasteiger partial charge in [0.1, 0.15) is 6.04 Å². The first-order valence-corrected chi connectivity index (χ1v) is 7.31. The highest BCUT2D eigenvalue weighted by molar-refractivity contribution is 5.93. The Morgan fingerprint density at radius 3 is 2.55 bits per heavy atom. The average molecular weight is 294 g/mol. The van der Waals surface area contributed by atoms with Crippen molar-refractivity contribution in [2.45, 2.75) is 25.9 Å². The number of hydrogen-bond acceptors (Lipinski definition) is 2. The Hall–Kier alpha value is -2.64. The van der Waals surface area contributed by atoms with Crippen molar-refractivity contribution in [3.63, 3.8) is 0 Å². The number of benzene rings is 2. The van der Waals surface area contributed by atoms with Crippen molar-refractivity contribution in [2.24, 2.45) is 0 Å². The number of nitrogens with one attached hydrogen (secondary N) is 1. The van der Waals surface area contributed by atoms with E-state index in [0.717, 1.165) is 0 Å². The summed E-state index contributed by atoms with van der Waals surface area (Å²) >= 11 is 0. The maximum absolute atomic E-state index is 12.3. The number of nitriles is 1. The summed E-state index contributed by atoms with van der Waals surface area (Å²) in [6.45, 7) is 3.96. The monoisotopic (exact) mass is 294 g/mol. The van der Waals surface area contributed by atoms with Gasteiger partial charge in [-0.15, -0.1) is 0 Å². The van der Waals surface area contributed by atoms with Gasteiger partial charge in [-0.25, -0.2) is 0 Å². The zero-order chi connectivity index (χ0) is 15.9. The van der Waals surface area contributed by atoms with Gasteiger partial charge in [0.05, 0.1) is 11.6 Å². The lowest BCUT2D eigenvalue weighted by Crippen LogP contribution is -2.91. The summed E-state index contributed by atoms with van der Waals surface area (Å²) in [6.07, 6.45) is 0. The molecule has 0 aliphatic heterocycles. The SMILES string of the molecule is C[C@@H]([NH2+][C@H](C)c1ccccc1)C(=O)Nc1cccc(C#N)c1. The third kappa shape index (κ3) is 4.18. The van der Waals surface area contributed by atoms with E-state index in [-0.39, 0.29) is 18.0 Å². The van der Waals surface area contributed by atoms with Crippen molar-refractivity contribution in [3.8, 4) is 6.07 Å². The standard InChI is InChI=1S/C18H19N3O/c1-13(16-8-4-3-5-9-16)20-14(2)18(22)21-17-10-6-7-15(11-17)12-19/h3-11,13-14,20H,1-2H3,(H,21,22)/p+1/t13-,14-/m1/s1. The predicted octanol–water partition coefficient (Wildman–Crippen LogP) is 2.21. The third-order valence-electron chi connectivity index (χ3n) is 3.58. The van der Waals surface area contributed by atoms with Gasteiger partial charge < -0.3 is 10.6 Å². The minimum atomic E-state index is -0.221. The van der Waals surface area contributed by atoms with Gasteiger partial charge in [-0.3, -0.25) is 4.79 Å². The molecular formula is C18H20N3O+. The fourth-order valence-corrected chi connectivity index (χ4v) is 2.31. The van der Waals surface area contributed by atoms with E-state index in [1.165, 1.54) is 5.56 Å². The molecule has 2 atom stereocenters. The largest absolute Gasteiger partial charge is 0.330 e. The van der Waals surface area contributed by atoms with E-state index < -0.39 is 0 Å². The quantitative estimate of drug-likeness (QED) is 0.887. The molecular weight excluding hydrogens is 274 g/mol. The van der Waals surface area contributed by atoms with Crippen LogP contribution in [0.2, 0.25) is 0 Å². The zero-order valence-electron chi connectivity index (χ0n) is 12.8. The molecule has 2 rings (SSSR count). The van der Waals surface area contributed by atoms with Crippen LogP contribution in [-0.4, -0.2) is 11.9 Å². The summed E-state index contributed by atoms with van der Waals surface area (Å²) in [4.78, 5) is 12.3. The number of hydrogen-bond donors (Lipinski definition) is 2. The van der Waals surface area contributed by atoms with Crippen LogP contribution in [-0.2, 0) is 4.79 Å². The second-order valence-electron chi connectivity index (χ2n) is 5.36. The smallest absolute Gasteiger partial charge is 0.282 e. The molecule has 4 heteroatoms. The van der Waals surface area contributed by atoms with E-state index in [1.807, 2.05) is 30.4 Å². The Labute approximate surface area is 130 Å². The first kappa shape index (κ1) is 15.7. The van der Waals surface area contributed by atoms with Crippen LogP contribution in [0.1, 0.15) is 31.0 Å². The molecule has 0 saturated heterocycles. The van der Waals surface area contributed by atoms with Crippen LogP contribution in [0.3, 0.4) is 0 Å². The highest BCUT2D eigenvalue weighted by atomic mass is 16.2. The number of rotatable bonds is 5. The number of carbonyl (C=O) groups excluding carboxylic acids is 1. The molecule has 4 nitrogen and oxygen atoms in total. The highest BCUT2D eigenvalue weighted by Crippen LogP contribution is 2.10. The molecule has 0 bridgehead atoms. The van der Waals surface area contributed by atoms with Crippen LogP contribution >= 0.6 is 0 Å². The van der Waals surface area contributed by atoms with Gasteiger partial charge in [0.25, 0.3) is 5.91 Å². The van der Waals surface area contributed by atoms with Gasteiger partial charge in [-0.1, -0.05) is 36.4 Å². The van der Waals surface area contributed by atoms with Crippen LogP contribution in [0.25, 0.3) is 0 Å². The van der Waals surface area contributed by atoms with Crippen LogP contribution in [0, 0.1) is 11.3 Å². The molecule has 3 N–H and O–H groups in total. The molecule has 0 fully saturated rings. The Morgan fingerprint density at radius 1 is 1.14 bits per heavy atom. The van der Waals surface area contributed by atoms with Gasteiger partial charge in [0.2, 0.25) is 0 Å². The molecule has 22 heavy (non-hydrogen) atoms. The molecule has 0 saturated carbocycles. The number of quaternary nitrogens is 1. The summed E-state index contributed by atoms with van der Waals surface area (Å²) in [5, 5.41) is 13.8. The van der Waals surface area contributed by atoms with Gasteiger partial charge in [0, 0.05) is 11.3 Å². The fraction of sp³-hybridized carbons (Fsp3) is 0.222. The first-order chi connectivity index (χ1) is 10.6. The average Bonchev–Trinajstić information content (AvgIpc) is 2.55. The van der Waals surface area contributed by atoms with Crippen LogP contribution in [0.15, 0.2) is 54.6 Å². The summed E-state index contributed by atoms with van der Waals surface area (Å²) in [5.74, 6) is -0.0714. The topological polar surface area (TPSA) is 69.5 Å². The molecule has 0 spiro atoms. The molecule has 0 unspecified atom stereocenters. The second-order valence-corrected chi connectivity index (χ2v) is 5.36. The van der Waals surface area contributed by atoms with E-state index in [0.29, 0.717) is 11.3 Å². The summed E-state index contributed by atoms with van der Waals surface area (Å²) in [7, 11) is 0. The summed E-state index contributed by atoms with van der Waals surface area (Å²) in [6, 6.07) is 19.1. The van der Waals surface area contributed by atoms with Gasteiger partial charge in [0.15, 0.2) is 6.04 Å². The minimum Gasteiger partial charge on any atom is -0.330 e. The molecule has 2 aromatic rings. The lowest BCUT2D eigenvalue weighted by molar-refractivity contribution is -0.709. The van der Waals surface area contributed by atoms with Crippen molar-refractivity contribution in [1.82, 2.24) is 0 Å². The lowest BCUT2D eigenvalue weighted by Gasteiger charge is -2.17. The summed E-state index contributed by atoms with van der Waals surface area (Å²) < 4.78 is 0. The fourth-order valence-electron chi connectivity index (χ4n) is 2.31. The van der Waals surface area contributed by atoms with E-state index in [2.05, 4.69) is 30.4 Å². The molecule has 112 valence electrons. The van der Waals surface area contributed by atoms with Crippen LogP contribution in [0.5, 0.6) is 0 Å². The number of nitrogens with zero attached hydrogens (tertiary/aromatic N) is 1. The normalized spacial score (nSPS) is 13.0.